The summed E-state index contributed by atoms with van der Waals surface area (Å²) < 4.78 is 1.51. The first-order chi connectivity index (χ1) is 8.68. The molecule has 0 amide bonds. The summed E-state index contributed by atoms with van der Waals surface area (Å²) in [7, 11) is 0. The Kier molecular flexibility index (Phi) is 33.4. The number of carbonyl (C=O) groups is 1. The summed E-state index contributed by atoms with van der Waals surface area (Å²) in [6.45, 7) is 3.89. The second kappa shape index (κ2) is 24.7. The molecule has 108 valence electrons. The van der Waals surface area contributed by atoms with E-state index in [2.05, 4.69) is 6.92 Å². The molecule has 0 rings (SSSR count). The van der Waals surface area contributed by atoms with E-state index in [-0.39, 0.29) is 44.2 Å². The van der Waals surface area contributed by atoms with Gasteiger partial charge in [0.2, 0.25) is 0 Å². The SMILES string of the molecule is CCC(=O)O.CCCCCCCCCCC[CH2][Na].[CaH2]. The molecule has 0 fully saturated rings. The van der Waals surface area contributed by atoms with Crippen molar-refractivity contribution >= 4 is 71.6 Å². The number of carboxylic acid groups (broad SMARTS) is 1. The fourth-order valence-corrected chi connectivity index (χ4v) is 2.24. The Morgan fingerprint density at radius 3 is 1.42 bits per heavy atom. The first kappa shape index (κ1) is 25.7. The molecule has 0 aromatic heterocycles. The van der Waals surface area contributed by atoms with E-state index < -0.39 is 5.97 Å². The summed E-state index contributed by atoms with van der Waals surface area (Å²) in [5, 5.41) is 7.72. The minimum atomic E-state index is -0.745. The third-order valence-electron chi connectivity index (χ3n) is 3.01. The summed E-state index contributed by atoms with van der Waals surface area (Å²) in [5.74, 6) is -0.745. The molecule has 2 nitrogen and oxygen atoms in total. The number of hydrogen-bond acceptors (Lipinski definition) is 1. The van der Waals surface area contributed by atoms with E-state index in [1.165, 1.54) is 95.8 Å². The molecule has 0 aromatic rings. The van der Waals surface area contributed by atoms with Crippen LogP contribution in [-0.2, 0) is 4.79 Å². The molecule has 0 spiro atoms. The van der Waals surface area contributed by atoms with Gasteiger partial charge in [0.15, 0.2) is 0 Å². The Hall–Kier alpha value is 1.73. The van der Waals surface area contributed by atoms with Gasteiger partial charge in [0, 0.05) is 6.42 Å². The molecule has 0 radical (unpaired) electrons. The number of hydrogen-bond donors (Lipinski definition) is 1. The van der Waals surface area contributed by atoms with E-state index in [9.17, 15) is 4.79 Å². The van der Waals surface area contributed by atoms with Crippen LogP contribution in [0.25, 0.3) is 0 Å². The van der Waals surface area contributed by atoms with E-state index in [0.717, 1.165) is 0 Å². The van der Waals surface area contributed by atoms with Crippen molar-refractivity contribution in [1.29, 1.82) is 0 Å². The number of aliphatic carboxylic acids is 1. The van der Waals surface area contributed by atoms with E-state index in [4.69, 9.17) is 5.11 Å². The number of carboxylic acids is 1. The van der Waals surface area contributed by atoms with E-state index >= 15 is 0 Å². The summed E-state index contributed by atoms with van der Waals surface area (Å²) in [6.07, 6.45) is 15.0. The van der Waals surface area contributed by atoms with E-state index in [0.29, 0.717) is 0 Å². The van der Waals surface area contributed by atoms with Gasteiger partial charge in [-0.15, -0.1) is 0 Å². The van der Waals surface area contributed by atoms with Gasteiger partial charge in [-0.2, -0.15) is 0 Å². The number of unbranched alkanes of at least 4 members (excludes halogenated alkanes) is 9. The van der Waals surface area contributed by atoms with E-state index in [1.54, 1.807) is 6.92 Å². The summed E-state index contributed by atoms with van der Waals surface area (Å²) in [4.78, 5) is 9.37. The first-order valence-corrected chi connectivity index (χ1v) is 9.32. The summed E-state index contributed by atoms with van der Waals surface area (Å²) in [5.41, 5.74) is 0. The second-order valence-electron chi connectivity index (χ2n) is 4.93. The molecule has 0 aromatic carbocycles. The molecule has 0 atom stereocenters. The van der Waals surface area contributed by atoms with Crippen molar-refractivity contribution in [1.82, 2.24) is 0 Å². The molecule has 0 bridgehead atoms. The van der Waals surface area contributed by atoms with Gasteiger partial charge in [-0.05, 0) is 0 Å². The topological polar surface area (TPSA) is 37.3 Å². The Balaban J connectivity index is -0.000000366. The first-order valence-electron chi connectivity index (χ1n) is 7.90. The second-order valence-corrected chi connectivity index (χ2v) is 5.93. The molecule has 19 heavy (non-hydrogen) atoms. The molecule has 0 aliphatic rings. The van der Waals surface area contributed by atoms with Gasteiger partial charge in [0.05, 0.1) is 0 Å². The van der Waals surface area contributed by atoms with Gasteiger partial charge in [-0.1, -0.05) is 6.92 Å². The van der Waals surface area contributed by atoms with Crippen molar-refractivity contribution in [2.45, 2.75) is 88.1 Å². The van der Waals surface area contributed by atoms with Gasteiger partial charge >= 0.3 is 146 Å². The van der Waals surface area contributed by atoms with Crippen LogP contribution in [0.2, 0.25) is 3.67 Å². The van der Waals surface area contributed by atoms with Crippen LogP contribution in [0.5, 0.6) is 0 Å². The quantitative estimate of drug-likeness (QED) is 0.462. The normalized spacial score (nSPS) is 9.26. The molecule has 0 aliphatic heterocycles. The molecule has 0 saturated heterocycles. The van der Waals surface area contributed by atoms with Gasteiger partial charge in [0.25, 0.3) is 0 Å². The van der Waals surface area contributed by atoms with Crippen molar-refractivity contribution in [2.24, 2.45) is 0 Å². The van der Waals surface area contributed by atoms with Crippen LogP contribution in [0.3, 0.4) is 0 Å². The Labute approximate surface area is 167 Å². The Bertz CT molecular complexity index is 156. The zero-order valence-corrected chi connectivity index (χ0v) is 14.8. The summed E-state index contributed by atoms with van der Waals surface area (Å²) >= 11 is 1.41. The predicted octanol–water partition coefficient (Wildman–Crippen LogP) is 4.06. The van der Waals surface area contributed by atoms with Crippen LogP contribution in [-0.4, -0.2) is 76.7 Å². The molecule has 0 unspecified atom stereocenters. The maximum absolute atomic E-state index is 9.37. The zero-order valence-electron chi connectivity index (χ0n) is 12.8. The van der Waals surface area contributed by atoms with Gasteiger partial charge < -0.3 is 5.11 Å². The Morgan fingerprint density at radius 2 is 1.16 bits per heavy atom. The maximum atomic E-state index is 9.37. The van der Waals surface area contributed by atoms with Gasteiger partial charge in [-0.25, -0.2) is 0 Å². The molecule has 0 saturated carbocycles. The monoisotopic (exact) mass is 308 g/mol. The average molecular weight is 308 g/mol. The van der Waals surface area contributed by atoms with Gasteiger partial charge in [0.1, 0.15) is 0 Å². The Morgan fingerprint density at radius 1 is 0.842 bits per heavy atom. The molecule has 4 heteroatoms. The van der Waals surface area contributed by atoms with Crippen molar-refractivity contribution in [2.75, 3.05) is 0 Å². The molecule has 1 N–H and O–H groups in total. The fourth-order valence-electron chi connectivity index (χ4n) is 1.74. The minimum absolute atomic E-state index is 0. The third-order valence-corrected chi connectivity index (χ3v) is 3.72. The molecular formula is C15H33CaNaO2. The van der Waals surface area contributed by atoms with Crippen LogP contribution in [0.4, 0.5) is 0 Å². The van der Waals surface area contributed by atoms with Crippen molar-refractivity contribution in [3.63, 3.8) is 0 Å². The number of rotatable bonds is 11. The standard InChI is InChI=1S/C12H25.C3H6O2.Ca.Na.2H/c1-3-5-7-9-11-12-10-8-6-4-2;1-2-3(4)5;;;;/h1,3-12H2,2H3;2H2,1H3,(H,4,5);;;;. The summed E-state index contributed by atoms with van der Waals surface area (Å²) in [6, 6.07) is 0. The van der Waals surface area contributed by atoms with Crippen LogP contribution in [0.15, 0.2) is 0 Å². The molecule has 0 heterocycles. The van der Waals surface area contributed by atoms with E-state index in [1.807, 2.05) is 0 Å². The van der Waals surface area contributed by atoms with Crippen molar-refractivity contribution in [3.8, 4) is 0 Å². The van der Waals surface area contributed by atoms with Crippen molar-refractivity contribution < 1.29 is 9.90 Å². The van der Waals surface area contributed by atoms with Crippen LogP contribution < -0.4 is 0 Å². The van der Waals surface area contributed by atoms with Crippen molar-refractivity contribution in [3.05, 3.63) is 0 Å². The van der Waals surface area contributed by atoms with Crippen LogP contribution >= 0.6 is 0 Å². The predicted molar refractivity (Wildman–Crippen MR) is 88.9 cm³/mol. The average Bonchev–Trinajstić information content (AvgIpc) is 2.37. The fraction of sp³-hybridized carbons (Fsp3) is 0.933. The molecular weight excluding hydrogens is 275 g/mol. The molecule has 0 aliphatic carbocycles. The van der Waals surface area contributed by atoms with Gasteiger partial charge in [-0.3, -0.25) is 4.79 Å². The van der Waals surface area contributed by atoms with Crippen LogP contribution in [0, 0.1) is 0 Å². The zero-order chi connectivity index (χ0) is 14.1. The third kappa shape index (κ3) is 32.9. The van der Waals surface area contributed by atoms with Crippen LogP contribution in [0.1, 0.15) is 84.5 Å².